The van der Waals surface area contributed by atoms with E-state index in [1.165, 1.54) is 13.2 Å². The zero-order valence-corrected chi connectivity index (χ0v) is 12.5. The number of allylic oxidation sites excluding steroid dienone is 4. The summed E-state index contributed by atoms with van der Waals surface area (Å²) in [4.78, 5) is 22.6. The minimum Gasteiger partial charge on any atom is -0.481 e. The molecular weight excluding hydrogens is 288 g/mol. The molecule has 0 aromatic rings. The van der Waals surface area contributed by atoms with Gasteiger partial charge in [0.15, 0.2) is 0 Å². The lowest BCUT2D eigenvalue weighted by molar-refractivity contribution is -0.418. The number of nitrogens with one attached hydrogen (secondary N) is 1. The van der Waals surface area contributed by atoms with E-state index in [9.17, 15) is 20.0 Å². The Balaban J connectivity index is 2.68. The van der Waals surface area contributed by atoms with Crippen LogP contribution >= 0.6 is 0 Å². The highest BCUT2D eigenvalue weighted by atomic mass is 16.6. The van der Waals surface area contributed by atoms with E-state index < -0.39 is 22.7 Å². The molecular formula is C15H16N2O5. The van der Waals surface area contributed by atoms with Crippen LogP contribution in [0.1, 0.15) is 20.3 Å². The molecule has 1 unspecified atom stereocenters. The van der Waals surface area contributed by atoms with Crippen LogP contribution in [0.3, 0.4) is 0 Å². The molecule has 1 amide bonds. The van der Waals surface area contributed by atoms with Crippen LogP contribution in [0.25, 0.3) is 0 Å². The van der Waals surface area contributed by atoms with Crippen molar-refractivity contribution in [3.05, 3.63) is 62.1 Å². The smallest absolute Gasteiger partial charge is 0.311 e. The molecule has 2 aliphatic rings. The van der Waals surface area contributed by atoms with E-state index in [2.05, 4.69) is 11.0 Å². The van der Waals surface area contributed by atoms with Gasteiger partial charge in [0, 0.05) is 17.7 Å². The Bertz CT molecular complexity index is 705. The Labute approximate surface area is 127 Å². The molecule has 1 aliphatic carbocycles. The summed E-state index contributed by atoms with van der Waals surface area (Å²) in [6.45, 7) is 3.53. The maximum atomic E-state index is 12.2. The zero-order valence-electron chi connectivity index (χ0n) is 12.5. The number of carbonyl (C=O) groups excluding carboxylic acids is 1. The molecule has 7 nitrogen and oxygen atoms in total. The third-order valence-electron chi connectivity index (χ3n) is 3.73. The summed E-state index contributed by atoms with van der Waals surface area (Å²) in [5, 5.41) is 23.5. The van der Waals surface area contributed by atoms with Gasteiger partial charge in [0.05, 0.1) is 12.0 Å². The standard InChI is InChI=1S/C15H16N2O5/c1-8-9(2)16-14(18)13(15(19)22-3)12(8)10-5-4-6-11(7-10)17(20)21/h4,6,12,19H,5H2,1-3H3,(H,16,18). The van der Waals surface area contributed by atoms with Crippen LogP contribution in [0.4, 0.5) is 0 Å². The number of ether oxygens (including phenoxy) is 1. The van der Waals surface area contributed by atoms with E-state index in [4.69, 9.17) is 4.74 Å². The molecule has 0 fully saturated rings. The first kappa shape index (κ1) is 15.6. The molecule has 2 rings (SSSR count). The molecule has 2 N–H and O–H groups in total. The van der Waals surface area contributed by atoms with Crippen LogP contribution in [0.2, 0.25) is 0 Å². The average molecular weight is 304 g/mol. The van der Waals surface area contributed by atoms with Crippen LogP contribution in [0, 0.1) is 16.0 Å². The lowest BCUT2D eigenvalue weighted by atomic mass is 9.79. The highest BCUT2D eigenvalue weighted by Gasteiger charge is 2.36. The molecule has 0 bridgehead atoms. The summed E-state index contributed by atoms with van der Waals surface area (Å²) in [7, 11) is 1.25. The minimum absolute atomic E-state index is 0.0334. The van der Waals surface area contributed by atoms with Gasteiger partial charge in [-0.25, -0.2) is 0 Å². The van der Waals surface area contributed by atoms with Gasteiger partial charge in [0.1, 0.15) is 5.57 Å². The van der Waals surface area contributed by atoms with Gasteiger partial charge in [-0.05, 0) is 37.1 Å². The maximum absolute atomic E-state index is 12.2. The molecule has 0 saturated heterocycles. The van der Waals surface area contributed by atoms with Crippen molar-refractivity contribution >= 4 is 5.91 Å². The molecule has 0 aromatic carbocycles. The molecule has 0 aromatic heterocycles. The van der Waals surface area contributed by atoms with Crippen LogP contribution < -0.4 is 5.32 Å². The van der Waals surface area contributed by atoms with Crippen molar-refractivity contribution in [3.8, 4) is 0 Å². The van der Waals surface area contributed by atoms with Crippen molar-refractivity contribution in [2.45, 2.75) is 20.3 Å². The normalized spacial score (nSPS) is 23.6. The number of methoxy groups -OCH3 is 1. The van der Waals surface area contributed by atoms with E-state index in [1.807, 2.05) is 0 Å². The maximum Gasteiger partial charge on any atom is 0.311 e. The van der Waals surface area contributed by atoms with Crippen molar-refractivity contribution in [1.82, 2.24) is 5.32 Å². The van der Waals surface area contributed by atoms with Crippen molar-refractivity contribution in [2.24, 2.45) is 5.92 Å². The number of hydrogen-bond acceptors (Lipinski definition) is 5. The van der Waals surface area contributed by atoms with E-state index >= 15 is 0 Å². The number of rotatable bonds is 3. The summed E-state index contributed by atoms with van der Waals surface area (Å²) in [6.07, 6.45) is 3.42. The van der Waals surface area contributed by atoms with Gasteiger partial charge in [-0.1, -0.05) is 6.08 Å². The third-order valence-corrected chi connectivity index (χ3v) is 3.73. The fraction of sp³-hybridized carbons (Fsp3) is 0.333. The van der Waals surface area contributed by atoms with Gasteiger partial charge in [-0.2, -0.15) is 0 Å². The number of aliphatic hydroxyl groups excluding tert-OH is 1. The Hall–Kier alpha value is -2.79. The van der Waals surface area contributed by atoms with Gasteiger partial charge in [0.25, 0.3) is 11.9 Å². The van der Waals surface area contributed by atoms with E-state index in [1.54, 1.807) is 19.9 Å². The fourth-order valence-electron chi connectivity index (χ4n) is 2.52. The molecule has 0 spiro atoms. The second kappa shape index (κ2) is 5.91. The highest BCUT2D eigenvalue weighted by Crippen LogP contribution is 2.36. The van der Waals surface area contributed by atoms with Gasteiger partial charge in [-0.15, -0.1) is 0 Å². The molecule has 0 saturated carbocycles. The summed E-state index contributed by atoms with van der Waals surface area (Å²) >= 11 is 0. The number of hydrogen-bond donors (Lipinski definition) is 2. The predicted molar refractivity (Wildman–Crippen MR) is 78.0 cm³/mol. The average Bonchev–Trinajstić information content (AvgIpc) is 2.49. The van der Waals surface area contributed by atoms with Crippen LogP contribution in [-0.4, -0.2) is 23.0 Å². The first-order valence-electron chi connectivity index (χ1n) is 6.63. The summed E-state index contributed by atoms with van der Waals surface area (Å²) in [6, 6.07) is 0. The number of nitrogens with zero attached hydrogens (tertiary/aromatic N) is 1. The number of nitro groups is 1. The topological polar surface area (TPSA) is 102 Å². The largest absolute Gasteiger partial charge is 0.481 e. The molecule has 22 heavy (non-hydrogen) atoms. The number of aliphatic hydroxyl groups is 1. The Morgan fingerprint density at radius 2 is 2.23 bits per heavy atom. The van der Waals surface area contributed by atoms with Crippen molar-refractivity contribution < 1.29 is 19.6 Å². The van der Waals surface area contributed by atoms with Crippen LogP contribution in [0.15, 0.2) is 51.9 Å². The van der Waals surface area contributed by atoms with Gasteiger partial charge in [-0.3, -0.25) is 14.9 Å². The van der Waals surface area contributed by atoms with Gasteiger partial charge < -0.3 is 15.2 Å². The molecule has 0 radical (unpaired) electrons. The second-order valence-corrected chi connectivity index (χ2v) is 5.02. The first-order chi connectivity index (χ1) is 10.4. The Morgan fingerprint density at radius 1 is 1.55 bits per heavy atom. The lowest BCUT2D eigenvalue weighted by Crippen LogP contribution is -2.36. The van der Waals surface area contributed by atoms with Crippen molar-refractivity contribution in [1.29, 1.82) is 0 Å². The van der Waals surface area contributed by atoms with E-state index in [0.717, 1.165) is 5.57 Å². The van der Waals surface area contributed by atoms with E-state index in [-0.39, 0.29) is 11.3 Å². The van der Waals surface area contributed by atoms with Crippen LogP contribution in [0.5, 0.6) is 0 Å². The van der Waals surface area contributed by atoms with Crippen LogP contribution in [-0.2, 0) is 9.53 Å². The molecule has 7 heteroatoms. The second-order valence-electron chi connectivity index (χ2n) is 5.02. The third kappa shape index (κ3) is 2.66. The molecule has 1 atom stereocenters. The minimum atomic E-state index is -0.603. The zero-order chi connectivity index (χ0) is 16.4. The van der Waals surface area contributed by atoms with Gasteiger partial charge in [0.2, 0.25) is 0 Å². The summed E-state index contributed by atoms with van der Waals surface area (Å²) in [5.74, 6) is -1.59. The first-order valence-corrected chi connectivity index (χ1v) is 6.63. The van der Waals surface area contributed by atoms with Crippen molar-refractivity contribution in [3.63, 3.8) is 0 Å². The quantitative estimate of drug-likeness (QED) is 0.273. The van der Waals surface area contributed by atoms with E-state index in [0.29, 0.717) is 17.7 Å². The SMILES string of the molecule is COC(O)=C1C(=O)NC(C)=C(C)C1C1=C=C([N+](=O)[O-])C=CC1. The lowest BCUT2D eigenvalue weighted by Gasteiger charge is -2.29. The Morgan fingerprint density at radius 3 is 2.82 bits per heavy atom. The molecule has 116 valence electrons. The monoisotopic (exact) mass is 304 g/mol. The van der Waals surface area contributed by atoms with Gasteiger partial charge >= 0.3 is 5.70 Å². The number of amides is 1. The highest BCUT2D eigenvalue weighted by molar-refractivity contribution is 5.98. The Kier molecular flexibility index (Phi) is 4.19. The summed E-state index contributed by atoms with van der Waals surface area (Å²) < 4.78 is 4.79. The number of carbonyl (C=O) groups is 1. The molecule has 1 heterocycles. The van der Waals surface area contributed by atoms with Crippen molar-refractivity contribution in [2.75, 3.05) is 7.11 Å². The molecule has 1 aliphatic heterocycles. The fourth-order valence-corrected chi connectivity index (χ4v) is 2.52. The summed E-state index contributed by atoms with van der Waals surface area (Å²) in [5.41, 5.74) is 4.56. The predicted octanol–water partition coefficient (Wildman–Crippen LogP) is 2.09.